The number of aryl methyl sites for hydroxylation is 1. The standard InChI is InChI=1S/C18H12NO.C14H14N.Ir/c1-12-9-10-16(19-11-12)15-7-4-6-14-13-5-2-3-8-17(13)20-18(14)15;1-11(2)13-8-9-15-14(10-13)12-6-4-3-5-7-12;/h2-6,8-11H,1H3;3-6,8-11H,1-2H3;/q2*-1;. The molecule has 36 heavy (non-hydrogen) atoms. The molecule has 3 nitrogen and oxygen atoms in total. The fourth-order valence-corrected chi connectivity index (χ4v) is 4.00. The molecule has 0 saturated heterocycles. The van der Waals surface area contributed by atoms with E-state index >= 15 is 0 Å². The fraction of sp³-hybridized carbons (Fsp3) is 0.125. The Balaban J connectivity index is 0.000000172. The van der Waals surface area contributed by atoms with Crippen LogP contribution in [0.2, 0.25) is 0 Å². The van der Waals surface area contributed by atoms with Gasteiger partial charge in [-0.3, -0.25) is 0 Å². The number of nitrogens with zero attached hydrogens (tertiary/aromatic N) is 2. The number of benzene rings is 3. The van der Waals surface area contributed by atoms with Gasteiger partial charge in [0.25, 0.3) is 0 Å². The van der Waals surface area contributed by atoms with Gasteiger partial charge in [-0.05, 0) is 41.9 Å². The van der Waals surface area contributed by atoms with Crippen LogP contribution in [-0.4, -0.2) is 9.97 Å². The summed E-state index contributed by atoms with van der Waals surface area (Å²) in [5, 5.41) is 2.24. The zero-order valence-electron chi connectivity index (χ0n) is 20.5. The summed E-state index contributed by atoms with van der Waals surface area (Å²) in [6.07, 6.45) is 3.73. The second kappa shape index (κ2) is 11.4. The first-order valence-corrected chi connectivity index (χ1v) is 11.8. The second-order valence-electron chi connectivity index (χ2n) is 8.82. The predicted octanol–water partition coefficient (Wildman–Crippen LogP) is 8.43. The van der Waals surface area contributed by atoms with Crippen LogP contribution in [0.5, 0.6) is 0 Å². The molecule has 0 fully saturated rings. The van der Waals surface area contributed by atoms with Crippen LogP contribution < -0.4 is 0 Å². The molecule has 0 spiro atoms. The number of hydrogen-bond donors (Lipinski definition) is 0. The molecule has 3 aromatic heterocycles. The average molecular weight is 647 g/mol. The molecule has 0 bridgehead atoms. The van der Waals surface area contributed by atoms with Gasteiger partial charge in [-0.2, -0.15) is 0 Å². The monoisotopic (exact) mass is 647 g/mol. The van der Waals surface area contributed by atoms with Gasteiger partial charge in [-0.25, -0.2) is 0 Å². The molecule has 0 unspecified atom stereocenters. The maximum Gasteiger partial charge on any atom is 0.120 e. The van der Waals surface area contributed by atoms with E-state index in [0.29, 0.717) is 5.92 Å². The van der Waals surface area contributed by atoms with Crippen molar-refractivity contribution in [3.8, 4) is 22.5 Å². The van der Waals surface area contributed by atoms with E-state index < -0.39 is 0 Å². The van der Waals surface area contributed by atoms with Crippen molar-refractivity contribution in [1.29, 1.82) is 0 Å². The molecule has 6 aromatic rings. The van der Waals surface area contributed by atoms with Crippen molar-refractivity contribution in [3.63, 3.8) is 0 Å². The van der Waals surface area contributed by atoms with E-state index in [0.717, 1.165) is 50.0 Å². The minimum Gasteiger partial charge on any atom is -0.501 e. The Kier molecular flexibility index (Phi) is 8.10. The molecular weight excluding hydrogens is 621 g/mol. The first-order valence-electron chi connectivity index (χ1n) is 11.8. The minimum atomic E-state index is 0. The zero-order valence-corrected chi connectivity index (χ0v) is 22.8. The number of fused-ring (bicyclic) bond motifs is 3. The van der Waals surface area contributed by atoms with Crippen molar-refractivity contribution in [1.82, 2.24) is 9.97 Å². The molecule has 3 heterocycles. The third-order valence-corrected chi connectivity index (χ3v) is 5.94. The van der Waals surface area contributed by atoms with Gasteiger partial charge in [0.1, 0.15) is 5.58 Å². The summed E-state index contributed by atoms with van der Waals surface area (Å²) >= 11 is 0. The van der Waals surface area contributed by atoms with E-state index in [-0.39, 0.29) is 20.1 Å². The molecule has 0 atom stereocenters. The summed E-state index contributed by atoms with van der Waals surface area (Å²) in [6, 6.07) is 34.7. The normalized spacial score (nSPS) is 10.7. The van der Waals surface area contributed by atoms with Crippen LogP contribution in [-0.2, 0) is 20.1 Å². The third-order valence-electron chi connectivity index (χ3n) is 5.94. The number of rotatable bonds is 3. The molecule has 0 N–H and O–H groups in total. The second-order valence-corrected chi connectivity index (χ2v) is 8.82. The fourth-order valence-electron chi connectivity index (χ4n) is 4.00. The van der Waals surface area contributed by atoms with E-state index in [1.165, 1.54) is 5.56 Å². The molecule has 0 aliphatic carbocycles. The zero-order chi connectivity index (χ0) is 24.2. The number of furan rings is 1. The minimum absolute atomic E-state index is 0. The molecule has 0 amide bonds. The number of aromatic nitrogens is 2. The molecule has 1 radical (unpaired) electrons. The van der Waals surface area contributed by atoms with Gasteiger partial charge in [0.2, 0.25) is 0 Å². The Hall–Kier alpha value is -3.59. The Bertz CT molecular complexity index is 1570. The Morgan fingerprint density at radius 3 is 2.36 bits per heavy atom. The van der Waals surface area contributed by atoms with Gasteiger partial charge in [0.05, 0.1) is 5.58 Å². The van der Waals surface area contributed by atoms with E-state index in [1.807, 2.05) is 80.0 Å². The smallest absolute Gasteiger partial charge is 0.120 e. The largest absolute Gasteiger partial charge is 0.501 e. The molecule has 0 aliphatic rings. The molecule has 4 heteroatoms. The summed E-state index contributed by atoms with van der Waals surface area (Å²) in [5.74, 6) is 0.537. The van der Waals surface area contributed by atoms with Crippen molar-refractivity contribution >= 4 is 21.9 Å². The average Bonchev–Trinajstić information content (AvgIpc) is 3.29. The van der Waals surface area contributed by atoms with Gasteiger partial charge in [0, 0.05) is 37.9 Å². The van der Waals surface area contributed by atoms with E-state index in [9.17, 15) is 0 Å². The van der Waals surface area contributed by atoms with Crippen molar-refractivity contribution in [3.05, 3.63) is 121 Å². The van der Waals surface area contributed by atoms with Crippen molar-refractivity contribution in [2.24, 2.45) is 0 Å². The number of hydrogen-bond acceptors (Lipinski definition) is 3. The van der Waals surface area contributed by atoms with Crippen LogP contribution in [0.3, 0.4) is 0 Å². The molecule has 0 aliphatic heterocycles. The van der Waals surface area contributed by atoms with Crippen molar-refractivity contribution in [2.75, 3.05) is 0 Å². The van der Waals surface area contributed by atoms with Crippen LogP contribution in [0.4, 0.5) is 0 Å². The van der Waals surface area contributed by atoms with Crippen LogP contribution in [0.15, 0.2) is 102 Å². The van der Waals surface area contributed by atoms with E-state index in [4.69, 9.17) is 4.42 Å². The van der Waals surface area contributed by atoms with E-state index in [2.05, 4.69) is 60.2 Å². The van der Waals surface area contributed by atoms with Crippen LogP contribution in [0, 0.1) is 19.1 Å². The quantitative estimate of drug-likeness (QED) is 0.181. The molecule has 181 valence electrons. The van der Waals surface area contributed by atoms with Crippen molar-refractivity contribution in [2.45, 2.75) is 26.7 Å². The predicted molar refractivity (Wildman–Crippen MR) is 143 cm³/mol. The first kappa shape index (κ1) is 25.5. The van der Waals surface area contributed by atoms with Gasteiger partial charge in [-0.1, -0.05) is 66.8 Å². The Morgan fingerprint density at radius 1 is 0.778 bits per heavy atom. The Labute approximate surface area is 225 Å². The molecular formula is C32H26IrN2O-2. The Morgan fingerprint density at radius 2 is 1.61 bits per heavy atom. The van der Waals surface area contributed by atoms with Crippen molar-refractivity contribution < 1.29 is 24.5 Å². The maximum atomic E-state index is 6.00. The van der Waals surface area contributed by atoms with Crippen LogP contribution >= 0.6 is 0 Å². The van der Waals surface area contributed by atoms with Gasteiger partial charge < -0.3 is 14.4 Å². The van der Waals surface area contributed by atoms with E-state index in [1.54, 1.807) is 0 Å². The number of para-hydroxylation sites is 1. The summed E-state index contributed by atoms with van der Waals surface area (Å²) in [4.78, 5) is 8.84. The third kappa shape index (κ3) is 5.46. The number of pyridine rings is 2. The molecule has 3 aromatic carbocycles. The van der Waals surface area contributed by atoms with Crippen LogP contribution in [0.25, 0.3) is 44.5 Å². The summed E-state index contributed by atoms with van der Waals surface area (Å²) in [5.41, 5.74) is 8.07. The topological polar surface area (TPSA) is 38.9 Å². The maximum absolute atomic E-state index is 6.00. The molecule has 6 rings (SSSR count). The van der Waals surface area contributed by atoms with Gasteiger partial charge >= 0.3 is 0 Å². The summed E-state index contributed by atoms with van der Waals surface area (Å²) < 4.78 is 6.00. The molecule has 0 saturated carbocycles. The SMILES string of the molecule is CC(C)c1ccnc(-c2[c-]cccc2)c1.Cc1ccc(-c2[c-]ccc3c2oc2ccccc23)nc1.[Ir]. The summed E-state index contributed by atoms with van der Waals surface area (Å²) in [6.45, 7) is 6.41. The summed E-state index contributed by atoms with van der Waals surface area (Å²) in [7, 11) is 0. The first-order chi connectivity index (χ1) is 17.1. The van der Waals surface area contributed by atoms with Crippen LogP contribution in [0.1, 0.15) is 30.9 Å². The van der Waals surface area contributed by atoms with Gasteiger partial charge in [-0.15, -0.1) is 54.1 Å². The van der Waals surface area contributed by atoms with Gasteiger partial charge in [0.15, 0.2) is 0 Å².